The Morgan fingerprint density at radius 2 is 2.30 bits per heavy atom. The van der Waals surface area contributed by atoms with Crippen LogP contribution in [-0.4, -0.2) is 44.7 Å². The van der Waals surface area contributed by atoms with Gasteiger partial charge in [0.1, 0.15) is 5.69 Å². The highest BCUT2D eigenvalue weighted by Crippen LogP contribution is 2.22. The minimum absolute atomic E-state index is 0.281. The lowest BCUT2D eigenvalue weighted by molar-refractivity contribution is -0.146. The first-order valence-electron chi connectivity index (χ1n) is 5.77. The fourth-order valence-corrected chi connectivity index (χ4v) is 2.16. The molecule has 2 heterocycles. The highest BCUT2D eigenvalue weighted by Gasteiger charge is 2.16. The molecule has 0 aliphatic heterocycles. The standard InChI is InChI=1S/C12H13N3O4S/c1-6-15-9(5-20-6)7-2-8(13-3-7)11(17)14-4-10(16)12(18)19/h2-3,5,10,13,16H,4H2,1H3,(H,14,17)(H,18,19)/t10-/m0/s1. The number of aliphatic hydroxyl groups excluding tert-OH is 1. The van der Waals surface area contributed by atoms with E-state index in [-0.39, 0.29) is 12.2 Å². The Bertz CT molecular complexity index is 634. The summed E-state index contributed by atoms with van der Waals surface area (Å²) >= 11 is 1.51. The number of aromatic amines is 1. The van der Waals surface area contributed by atoms with E-state index in [2.05, 4.69) is 15.3 Å². The molecule has 0 bridgehead atoms. The molecule has 7 nitrogen and oxygen atoms in total. The van der Waals surface area contributed by atoms with E-state index in [9.17, 15) is 9.59 Å². The summed E-state index contributed by atoms with van der Waals surface area (Å²) in [5.41, 5.74) is 1.83. The van der Waals surface area contributed by atoms with Gasteiger partial charge in [-0.05, 0) is 13.0 Å². The van der Waals surface area contributed by atoms with Crippen LogP contribution in [0.25, 0.3) is 11.3 Å². The minimum atomic E-state index is -1.62. The second-order valence-corrected chi connectivity index (χ2v) is 5.18. The number of carbonyl (C=O) groups is 2. The number of carboxylic acids is 1. The number of nitrogens with zero attached hydrogens (tertiary/aromatic N) is 1. The van der Waals surface area contributed by atoms with Crippen LogP contribution in [0.3, 0.4) is 0 Å². The van der Waals surface area contributed by atoms with Crippen molar-refractivity contribution in [1.82, 2.24) is 15.3 Å². The zero-order valence-corrected chi connectivity index (χ0v) is 11.4. The van der Waals surface area contributed by atoms with Crippen LogP contribution in [0.2, 0.25) is 0 Å². The van der Waals surface area contributed by atoms with Crippen LogP contribution in [0.15, 0.2) is 17.6 Å². The number of aliphatic hydroxyl groups is 1. The van der Waals surface area contributed by atoms with Crippen LogP contribution < -0.4 is 5.32 Å². The molecule has 2 aromatic heterocycles. The van der Waals surface area contributed by atoms with Crippen molar-refractivity contribution >= 4 is 23.2 Å². The predicted octanol–water partition coefficient (Wildman–Crippen LogP) is 0.622. The van der Waals surface area contributed by atoms with Crippen molar-refractivity contribution in [2.75, 3.05) is 6.54 Å². The lowest BCUT2D eigenvalue weighted by atomic mass is 10.2. The zero-order valence-electron chi connectivity index (χ0n) is 10.6. The maximum Gasteiger partial charge on any atom is 0.334 e. The van der Waals surface area contributed by atoms with E-state index in [1.54, 1.807) is 12.3 Å². The summed E-state index contributed by atoms with van der Waals surface area (Å²) in [7, 11) is 0. The van der Waals surface area contributed by atoms with Crippen LogP contribution in [0.4, 0.5) is 0 Å². The molecule has 0 spiro atoms. The number of hydrogen-bond donors (Lipinski definition) is 4. The molecule has 0 saturated heterocycles. The van der Waals surface area contributed by atoms with E-state index >= 15 is 0 Å². The third-order valence-corrected chi connectivity index (χ3v) is 3.36. The van der Waals surface area contributed by atoms with E-state index in [1.807, 2.05) is 12.3 Å². The van der Waals surface area contributed by atoms with E-state index < -0.39 is 18.0 Å². The Hall–Kier alpha value is -2.19. The van der Waals surface area contributed by atoms with Gasteiger partial charge in [0.25, 0.3) is 5.91 Å². The Labute approximate surface area is 118 Å². The molecule has 0 unspecified atom stereocenters. The van der Waals surface area contributed by atoms with Gasteiger partial charge in [-0.1, -0.05) is 0 Å². The molecule has 0 saturated carbocycles. The first-order chi connectivity index (χ1) is 9.47. The molecule has 2 rings (SSSR count). The third kappa shape index (κ3) is 3.22. The van der Waals surface area contributed by atoms with Crippen molar-refractivity contribution in [3.05, 3.63) is 28.3 Å². The number of thiazole rings is 1. The van der Waals surface area contributed by atoms with Crippen molar-refractivity contribution in [1.29, 1.82) is 0 Å². The lowest BCUT2D eigenvalue weighted by Gasteiger charge is -2.06. The van der Waals surface area contributed by atoms with Crippen LogP contribution in [0.5, 0.6) is 0 Å². The Morgan fingerprint density at radius 1 is 1.55 bits per heavy atom. The maximum atomic E-state index is 11.8. The molecule has 0 fully saturated rings. The molecule has 0 radical (unpaired) electrons. The number of rotatable bonds is 5. The number of H-pyrrole nitrogens is 1. The molecule has 0 aliphatic carbocycles. The van der Waals surface area contributed by atoms with E-state index in [0.717, 1.165) is 16.3 Å². The highest BCUT2D eigenvalue weighted by molar-refractivity contribution is 7.09. The zero-order chi connectivity index (χ0) is 14.7. The van der Waals surface area contributed by atoms with E-state index in [0.29, 0.717) is 0 Å². The molecule has 1 atom stereocenters. The van der Waals surface area contributed by atoms with Crippen molar-refractivity contribution < 1.29 is 19.8 Å². The summed E-state index contributed by atoms with van der Waals surface area (Å²) in [6.45, 7) is 1.54. The topological polar surface area (TPSA) is 115 Å². The minimum Gasteiger partial charge on any atom is -0.479 e. The average Bonchev–Trinajstić information content (AvgIpc) is 3.03. The molecule has 8 heteroatoms. The smallest absolute Gasteiger partial charge is 0.334 e. The summed E-state index contributed by atoms with van der Waals surface area (Å²) < 4.78 is 0. The fraction of sp³-hybridized carbons (Fsp3) is 0.250. The van der Waals surface area contributed by atoms with Crippen molar-refractivity contribution in [2.45, 2.75) is 13.0 Å². The highest BCUT2D eigenvalue weighted by atomic mass is 32.1. The van der Waals surface area contributed by atoms with Gasteiger partial charge in [0.05, 0.1) is 17.2 Å². The summed E-state index contributed by atoms with van der Waals surface area (Å²) in [4.78, 5) is 29.3. The quantitative estimate of drug-likeness (QED) is 0.645. The van der Waals surface area contributed by atoms with Crippen molar-refractivity contribution in [3.63, 3.8) is 0 Å². The van der Waals surface area contributed by atoms with Gasteiger partial charge in [-0.2, -0.15) is 0 Å². The van der Waals surface area contributed by atoms with Gasteiger partial charge in [0.2, 0.25) is 0 Å². The van der Waals surface area contributed by atoms with Gasteiger partial charge in [0.15, 0.2) is 6.10 Å². The predicted molar refractivity (Wildman–Crippen MR) is 72.6 cm³/mol. The summed E-state index contributed by atoms with van der Waals surface area (Å²) in [5.74, 6) is -1.86. The van der Waals surface area contributed by atoms with Gasteiger partial charge in [0, 0.05) is 17.1 Å². The molecule has 0 aromatic carbocycles. The lowest BCUT2D eigenvalue weighted by Crippen LogP contribution is -2.36. The number of carbonyl (C=O) groups excluding carboxylic acids is 1. The number of aliphatic carboxylic acids is 1. The molecule has 0 aliphatic rings. The Balaban J connectivity index is 2.01. The molecule has 20 heavy (non-hydrogen) atoms. The molecule has 2 aromatic rings. The summed E-state index contributed by atoms with van der Waals surface area (Å²) in [5, 5.41) is 22.7. The fourth-order valence-electron chi connectivity index (χ4n) is 1.54. The molecule has 106 valence electrons. The number of amides is 1. The number of aryl methyl sites for hydroxylation is 1. The van der Waals surface area contributed by atoms with Crippen LogP contribution in [0.1, 0.15) is 15.5 Å². The summed E-state index contributed by atoms with van der Waals surface area (Å²) in [6.07, 6.45) is 0.0337. The van der Waals surface area contributed by atoms with E-state index in [4.69, 9.17) is 10.2 Å². The van der Waals surface area contributed by atoms with Gasteiger partial charge < -0.3 is 20.5 Å². The molecular formula is C12H13N3O4S. The summed E-state index contributed by atoms with van der Waals surface area (Å²) in [6, 6.07) is 1.62. The first kappa shape index (κ1) is 14.2. The Morgan fingerprint density at radius 3 is 2.90 bits per heavy atom. The van der Waals surface area contributed by atoms with Gasteiger partial charge >= 0.3 is 5.97 Å². The van der Waals surface area contributed by atoms with E-state index in [1.165, 1.54) is 11.3 Å². The monoisotopic (exact) mass is 295 g/mol. The number of hydrogen-bond acceptors (Lipinski definition) is 5. The number of carboxylic acid groups (broad SMARTS) is 1. The van der Waals surface area contributed by atoms with Crippen molar-refractivity contribution in [3.8, 4) is 11.3 Å². The maximum absolute atomic E-state index is 11.8. The van der Waals surface area contributed by atoms with Crippen LogP contribution in [0, 0.1) is 6.92 Å². The largest absolute Gasteiger partial charge is 0.479 e. The number of aromatic nitrogens is 2. The van der Waals surface area contributed by atoms with Crippen LogP contribution in [-0.2, 0) is 4.79 Å². The van der Waals surface area contributed by atoms with Gasteiger partial charge in [-0.15, -0.1) is 11.3 Å². The third-order valence-electron chi connectivity index (χ3n) is 2.58. The Kier molecular flexibility index (Phi) is 4.16. The second-order valence-electron chi connectivity index (χ2n) is 4.12. The SMILES string of the molecule is Cc1nc(-c2c[nH]c(C(=O)NC[C@H](O)C(=O)O)c2)cs1. The van der Waals surface area contributed by atoms with Gasteiger partial charge in [-0.3, -0.25) is 4.79 Å². The normalized spacial score (nSPS) is 12.1. The second kappa shape index (κ2) is 5.85. The van der Waals surface area contributed by atoms with Gasteiger partial charge in [-0.25, -0.2) is 9.78 Å². The number of nitrogens with one attached hydrogen (secondary N) is 2. The van der Waals surface area contributed by atoms with Crippen molar-refractivity contribution in [2.24, 2.45) is 0 Å². The molecular weight excluding hydrogens is 282 g/mol. The first-order valence-corrected chi connectivity index (χ1v) is 6.65. The van der Waals surface area contributed by atoms with Crippen LogP contribution >= 0.6 is 11.3 Å². The molecule has 1 amide bonds. The molecule has 4 N–H and O–H groups in total. The average molecular weight is 295 g/mol.